The second-order valence-electron chi connectivity index (χ2n) is 4.87. The Labute approximate surface area is 100 Å². The summed E-state index contributed by atoms with van der Waals surface area (Å²) in [5.74, 6) is 0. The van der Waals surface area contributed by atoms with Gasteiger partial charge in [0.15, 0.2) is 0 Å². The maximum atomic E-state index is 6.09. The Bertz CT molecular complexity index is 369. The predicted molar refractivity (Wildman–Crippen MR) is 68.2 cm³/mol. The molecule has 1 nitrogen and oxygen atoms in total. The van der Waals surface area contributed by atoms with Crippen LogP contribution in [-0.2, 0) is 5.41 Å². The lowest BCUT2D eigenvalue weighted by Crippen LogP contribution is -2.31. The van der Waals surface area contributed by atoms with Crippen molar-refractivity contribution >= 4 is 15.9 Å². The summed E-state index contributed by atoms with van der Waals surface area (Å²) in [5.41, 5.74) is 10.4. The minimum absolute atomic E-state index is 0.262. The third-order valence-corrected chi connectivity index (χ3v) is 4.92. The van der Waals surface area contributed by atoms with Gasteiger partial charge in [-0.2, -0.15) is 0 Å². The Hall–Kier alpha value is -0.340. The lowest BCUT2D eigenvalue weighted by atomic mass is 9.87. The van der Waals surface area contributed by atoms with Gasteiger partial charge in [-0.1, -0.05) is 28.1 Å². The molecule has 0 heterocycles. The highest BCUT2D eigenvalue weighted by Crippen LogP contribution is 2.51. The molecule has 1 atom stereocenters. The molecule has 0 bridgehead atoms. The van der Waals surface area contributed by atoms with Crippen LogP contribution >= 0.6 is 15.9 Å². The first-order valence-electron chi connectivity index (χ1n) is 5.50. The molecular weight excluding hydrogens is 250 g/mol. The van der Waals surface area contributed by atoms with Crippen LogP contribution in [0.3, 0.4) is 0 Å². The van der Waals surface area contributed by atoms with Crippen LogP contribution in [0.2, 0.25) is 0 Å². The van der Waals surface area contributed by atoms with Crippen LogP contribution < -0.4 is 5.73 Å². The van der Waals surface area contributed by atoms with E-state index < -0.39 is 0 Å². The minimum atomic E-state index is 0.262. The molecule has 2 N–H and O–H groups in total. The van der Waals surface area contributed by atoms with Crippen LogP contribution in [0.1, 0.15) is 36.5 Å². The van der Waals surface area contributed by atoms with Crippen molar-refractivity contribution in [3.8, 4) is 0 Å². The molecule has 0 aliphatic heterocycles. The smallest absolute Gasteiger partial charge is 0.0233 e. The maximum Gasteiger partial charge on any atom is 0.0233 e. The van der Waals surface area contributed by atoms with Gasteiger partial charge in [-0.3, -0.25) is 0 Å². The molecule has 1 aromatic carbocycles. The predicted octanol–water partition coefficient (Wildman–Crippen LogP) is 3.44. The highest BCUT2D eigenvalue weighted by Gasteiger charge is 2.47. The van der Waals surface area contributed by atoms with Crippen molar-refractivity contribution in [2.75, 3.05) is 0 Å². The topological polar surface area (TPSA) is 26.0 Å². The summed E-state index contributed by atoms with van der Waals surface area (Å²) in [6.07, 6.45) is 2.48. The molecule has 2 rings (SSSR count). The molecule has 1 aliphatic rings. The summed E-state index contributed by atoms with van der Waals surface area (Å²) in [6.45, 7) is 6.43. The summed E-state index contributed by atoms with van der Waals surface area (Å²) in [7, 11) is 0. The van der Waals surface area contributed by atoms with Crippen molar-refractivity contribution in [1.29, 1.82) is 0 Å². The first kappa shape index (κ1) is 11.2. The standard InChI is InChI=1S/C13H18BrN/c1-8-6-11(7-9(2)12(8)14)13(4-5-13)10(3)15/h6-7,10H,4-5,15H2,1-3H3. The lowest BCUT2D eigenvalue weighted by molar-refractivity contribution is 0.556. The molecule has 0 amide bonds. The Balaban J connectivity index is 2.47. The van der Waals surface area contributed by atoms with Gasteiger partial charge in [0.2, 0.25) is 0 Å². The van der Waals surface area contributed by atoms with E-state index in [4.69, 9.17) is 5.73 Å². The zero-order valence-corrected chi connectivity index (χ0v) is 11.2. The molecule has 82 valence electrons. The molecule has 0 spiro atoms. The fraction of sp³-hybridized carbons (Fsp3) is 0.538. The number of hydrogen-bond donors (Lipinski definition) is 1. The van der Waals surface area contributed by atoms with Crippen molar-refractivity contribution in [2.45, 2.75) is 45.1 Å². The summed E-state index contributed by atoms with van der Waals surface area (Å²) >= 11 is 3.61. The molecule has 2 heteroatoms. The highest BCUT2D eigenvalue weighted by molar-refractivity contribution is 9.10. The number of rotatable bonds is 2. The largest absolute Gasteiger partial charge is 0.327 e. The monoisotopic (exact) mass is 267 g/mol. The number of halogens is 1. The molecule has 0 aromatic heterocycles. The lowest BCUT2D eigenvalue weighted by Gasteiger charge is -2.21. The third kappa shape index (κ3) is 1.74. The van der Waals surface area contributed by atoms with Gasteiger partial charge in [-0.15, -0.1) is 0 Å². The second-order valence-corrected chi connectivity index (χ2v) is 5.66. The Morgan fingerprint density at radius 2 is 1.73 bits per heavy atom. The average Bonchev–Trinajstić information content (AvgIpc) is 2.93. The van der Waals surface area contributed by atoms with E-state index in [1.807, 2.05) is 0 Å². The first-order valence-corrected chi connectivity index (χ1v) is 6.29. The molecule has 15 heavy (non-hydrogen) atoms. The molecule has 1 aromatic rings. The molecule has 0 saturated heterocycles. The Morgan fingerprint density at radius 3 is 2.07 bits per heavy atom. The average molecular weight is 268 g/mol. The SMILES string of the molecule is Cc1cc(C2(C(C)N)CC2)cc(C)c1Br. The van der Waals surface area contributed by atoms with Crippen molar-refractivity contribution in [3.05, 3.63) is 33.3 Å². The van der Waals surface area contributed by atoms with Crippen LogP contribution in [0.5, 0.6) is 0 Å². The van der Waals surface area contributed by atoms with E-state index in [1.165, 1.54) is 34.0 Å². The number of benzene rings is 1. The van der Waals surface area contributed by atoms with Crippen molar-refractivity contribution in [3.63, 3.8) is 0 Å². The quantitative estimate of drug-likeness (QED) is 0.873. The van der Waals surface area contributed by atoms with Crippen LogP contribution in [-0.4, -0.2) is 6.04 Å². The number of aryl methyl sites for hydroxylation is 2. The molecule has 1 saturated carbocycles. The van der Waals surface area contributed by atoms with Gasteiger partial charge in [-0.05, 0) is 50.3 Å². The van der Waals surface area contributed by atoms with Crippen molar-refractivity contribution in [2.24, 2.45) is 5.73 Å². The molecule has 1 fully saturated rings. The van der Waals surface area contributed by atoms with Crippen LogP contribution in [0.15, 0.2) is 16.6 Å². The zero-order valence-electron chi connectivity index (χ0n) is 9.60. The van der Waals surface area contributed by atoms with Crippen LogP contribution in [0, 0.1) is 13.8 Å². The van der Waals surface area contributed by atoms with Crippen LogP contribution in [0.25, 0.3) is 0 Å². The van der Waals surface area contributed by atoms with E-state index in [0.29, 0.717) is 0 Å². The molecule has 0 radical (unpaired) electrons. The van der Waals surface area contributed by atoms with Gasteiger partial charge in [0.25, 0.3) is 0 Å². The number of hydrogen-bond acceptors (Lipinski definition) is 1. The van der Waals surface area contributed by atoms with Gasteiger partial charge >= 0.3 is 0 Å². The van der Waals surface area contributed by atoms with E-state index in [2.05, 4.69) is 48.8 Å². The van der Waals surface area contributed by atoms with E-state index in [-0.39, 0.29) is 11.5 Å². The third-order valence-electron chi connectivity index (χ3n) is 3.67. The minimum Gasteiger partial charge on any atom is -0.327 e. The maximum absolute atomic E-state index is 6.09. The van der Waals surface area contributed by atoms with E-state index in [1.54, 1.807) is 0 Å². The molecule has 1 aliphatic carbocycles. The van der Waals surface area contributed by atoms with Crippen LogP contribution in [0.4, 0.5) is 0 Å². The van der Waals surface area contributed by atoms with E-state index in [0.717, 1.165) is 0 Å². The fourth-order valence-corrected chi connectivity index (χ4v) is 2.60. The summed E-state index contributed by atoms with van der Waals surface area (Å²) in [5, 5.41) is 0. The molecular formula is C13H18BrN. The van der Waals surface area contributed by atoms with Gasteiger partial charge in [-0.25, -0.2) is 0 Å². The highest BCUT2D eigenvalue weighted by atomic mass is 79.9. The zero-order chi connectivity index (χ0) is 11.2. The second kappa shape index (κ2) is 3.60. The molecule has 1 unspecified atom stereocenters. The van der Waals surface area contributed by atoms with Gasteiger partial charge in [0.1, 0.15) is 0 Å². The van der Waals surface area contributed by atoms with E-state index >= 15 is 0 Å². The summed E-state index contributed by atoms with van der Waals surface area (Å²) in [6, 6.07) is 4.83. The van der Waals surface area contributed by atoms with Gasteiger partial charge < -0.3 is 5.73 Å². The Morgan fingerprint density at radius 1 is 1.27 bits per heavy atom. The summed E-state index contributed by atoms with van der Waals surface area (Å²) < 4.78 is 1.23. The van der Waals surface area contributed by atoms with Gasteiger partial charge in [0.05, 0.1) is 0 Å². The normalized spacial score (nSPS) is 20.1. The Kier molecular flexibility index (Phi) is 2.68. The van der Waals surface area contributed by atoms with Crippen molar-refractivity contribution < 1.29 is 0 Å². The fourth-order valence-electron chi connectivity index (χ4n) is 2.37. The number of nitrogens with two attached hydrogens (primary N) is 1. The van der Waals surface area contributed by atoms with Gasteiger partial charge in [0, 0.05) is 15.9 Å². The van der Waals surface area contributed by atoms with Crippen molar-refractivity contribution in [1.82, 2.24) is 0 Å². The first-order chi connectivity index (χ1) is 6.97. The summed E-state index contributed by atoms with van der Waals surface area (Å²) in [4.78, 5) is 0. The van der Waals surface area contributed by atoms with E-state index in [9.17, 15) is 0 Å².